The van der Waals surface area contributed by atoms with Crippen LogP contribution in [0.5, 0.6) is 10.8 Å². The van der Waals surface area contributed by atoms with Crippen LogP contribution < -0.4 is 9.47 Å². The van der Waals surface area contributed by atoms with Crippen LogP contribution in [0.4, 0.5) is 26.3 Å². The summed E-state index contributed by atoms with van der Waals surface area (Å²) in [5.41, 5.74) is -5.90. The molecule has 1 aromatic carbocycles. The van der Waals surface area contributed by atoms with Crippen LogP contribution in [0.3, 0.4) is 0 Å². The van der Waals surface area contributed by atoms with Crippen molar-refractivity contribution in [3.05, 3.63) is 76.4 Å². The summed E-state index contributed by atoms with van der Waals surface area (Å²) in [6.45, 7) is 4.43. The molecule has 10 nitrogen and oxygen atoms in total. The van der Waals surface area contributed by atoms with Crippen molar-refractivity contribution in [2.45, 2.75) is 88.7 Å². The number of para-hydroxylation sites is 1. The summed E-state index contributed by atoms with van der Waals surface area (Å²) < 4.78 is 95.6. The molecule has 55 heavy (non-hydrogen) atoms. The first-order chi connectivity index (χ1) is 25.8. The van der Waals surface area contributed by atoms with Crippen molar-refractivity contribution >= 4 is 29.1 Å². The number of ether oxygens (including phenoxy) is 2. The molecule has 2 aliphatic heterocycles. The Morgan fingerprint density at radius 2 is 1.69 bits per heavy atom. The second-order valence-electron chi connectivity index (χ2n) is 14.4. The van der Waals surface area contributed by atoms with E-state index >= 15 is 0 Å². The molecule has 0 saturated carbocycles. The first kappa shape index (κ1) is 41.3. The Kier molecular flexibility index (Phi) is 11.8. The van der Waals surface area contributed by atoms with E-state index in [0.717, 1.165) is 29.4 Å². The van der Waals surface area contributed by atoms with Gasteiger partial charge in [0, 0.05) is 44.0 Å². The highest BCUT2D eigenvalue weighted by Gasteiger charge is 2.57. The molecule has 5 rings (SSSR count). The van der Waals surface area contributed by atoms with E-state index in [1.54, 1.807) is 31.2 Å². The number of carboxylic acid groups (broad SMARTS) is 1. The molecule has 2 aliphatic rings. The van der Waals surface area contributed by atoms with Crippen molar-refractivity contribution in [1.29, 1.82) is 5.26 Å². The van der Waals surface area contributed by atoms with Gasteiger partial charge in [-0.2, -0.15) is 31.6 Å². The lowest BCUT2D eigenvalue weighted by molar-refractivity contribution is -0.160. The molecule has 2 fully saturated rings. The van der Waals surface area contributed by atoms with Crippen molar-refractivity contribution in [2.24, 2.45) is 5.41 Å². The van der Waals surface area contributed by atoms with Gasteiger partial charge < -0.3 is 24.4 Å². The van der Waals surface area contributed by atoms with E-state index in [0.29, 0.717) is 23.8 Å². The summed E-state index contributed by atoms with van der Waals surface area (Å²) in [4.78, 5) is 46.1. The van der Waals surface area contributed by atoms with Gasteiger partial charge in [-0.1, -0.05) is 42.9 Å². The Bertz CT molecular complexity index is 1930. The van der Waals surface area contributed by atoms with Gasteiger partial charge in [-0.05, 0) is 63.8 Å². The zero-order valence-corrected chi connectivity index (χ0v) is 31.1. The van der Waals surface area contributed by atoms with E-state index in [1.165, 1.54) is 18.7 Å². The molecular weight excluding hydrogens is 754 g/mol. The molecule has 0 unspecified atom stereocenters. The number of carboxylic acids is 1. The highest BCUT2D eigenvalue weighted by Crippen LogP contribution is 2.46. The lowest BCUT2D eigenvalue weighted by Gasteiger charge is -2.51. The van der Waals surface area contributed by atoms with Crippen molar-refractivity contribution in [2.75, 3.05) is 26.2 Å². The second-order valence-corrected chi connectivity index (χ2v) is 15.4. The normalized spacial score (nSPS) is 20.4. The van der Waals surface area contributed by atoms with Gasteiger partial charge in [-0.15, -0.1) is 0 Å². The summed E-state index contributed by atoms with van der Waals surface area (Å²) in [7, 11) is 0. The van der Waals surface area contributed by atoms with Crippen molar-refractivity contribution in [3.8, 4) is 16.9 Å². The number of pyridine rings is 1. The van der Waals surface area contributed by atoms with Crippen LogP contribution in [-0.2, 0) is 27.4 Å². The summed E-state index contributed by atoms with van der Waals surface area (Å²) in [6, 6.07) is 10.4. The molecule has 3 aromatic rings. The van der Waals surface area contributed by atoms with E-state index in [-0.39, 0.29) is 74.7 Å². The van der Waals surface area contributed by atoms with Gasteiger partial charge >= 0.3 is 18.3 Å². The number of likely N-dealkylation sites (tertiary alicyclic amines) is 2. The van der Waals surface area contributed by atoms with Gasteiger partial charge in [-0.25, -0.2) is 0 Å². The molecule has 17 heteroatoms. The number of aliphatic carboxylic acids is 1. The maximum absolute atomic E-state index is 15.0. The number of piperidine rings is 2. The number of alkyl halides is 6. The molecule has 0 aliphatic carbocycles. The number of nitriles is 1. The van der Waals surface area contributed by atoms with Crippen molar-refractivity contribution < 1.29 is 55.3 Å². The Balaban J connectivity index is 1.52. The number of hydrogen-bond acceptors (Lipinski definition) is 8. The lowest BCUT2D eigenvalue weighted by atomic mass is 9.72. The van der Waals surface area contributed by atoms with Crippen LogP contribution in [0.15, 0.2) is 54.9 Å². The predicted molar refractivity (Wildman–Crippen MR) is 187 cm³/mol. The first-order valence-corrected chi connectivity index (χ1v) is 18.5. The van der Waals surface area contributed by atoms with Gasteiger partial charge in [0.25, 0.3) is 11.8 Å². The Morgan fingerprint density at radius 3 is 2.29 bits per heavy atom. The van der Waals surface area contributed by atoms with E-state index in [4.69, 9.17) is 9.47 Å². The largest absolute Gasteiger partial charge is 0.492 e. The topological polar surface area (TPSA) is 133 Å². The third kappa shape index (κ3) is 8.39. The molecule has 1 N–H and O–H groups in total. The molecule has 0 radical (unpaired) electrons. The maximum atomic E-state index is 15.0. The number of amides is 2. The average molecular weight is 795 g/mol. The number of hydrogen-bond donors (Lipinski definition) is 1. The number of halogens is 6. The van der Waals surface area contributed by atoms with Gasteiger partial charge in [0.05, 0.1) is 34.1 Å². The van der Waals surface area contributed by atoms with Crippen LogP contribution in [0.1, 0.15) is 85.7 Å². The lowest BCUT2D eigenvalue weighted by Crippen LogP contribution is -2.68. The molecular formula is C38H40F6N4O6S. The predicted octanol–water partition coefficient (Wildman–Crippen LogP) is 7.98. The maximum Gasteiger partial charge on any atom is 0.425 e. The van der Waals surface area contributed by atoms with Crippen LogP contribution in [-0.4, -0.2) is 75.6 Å². The SMILES string of the molecule is CCC[C@H]1N(C(=O)c2cnccc2C(F)(F)F)CCC[C@@]1(Oc1ccc(C(F)(F)F)s1)C(=O)N1CCC(C#N)(c2ccccc2OCC(C)(C)C(=O)O)CC1. The molecule has 2 atom stereocenters. The summed E-state index contributed by atoms with van der Waals surface area (Å²) in [6.07, 6.45) is -7.35. The molecule has 2 amide bonds. The molecule has 4 heterocycles. The minimum Gasteiger partial charge on any atom is -0.492 e. The Labute approximate surface area is 317 Å². The van der Waals surface area contributed by atoms with Crippen LogP contribution in [0.2, 0.25) is 0 Å². The molecule has 2 aromatic heterocycles. The molecule has 0 bridgehead atoms. The number of carbonyl (C=O) groups is 3. The fourth-order valence-electron chi connectivity index (χ4n) is 7.19. The number of rotatable bonds is 11. The monoisotopic (exact) mass is 794 g/mol. The fourth-order valence-corrected chi connectivity index (χ4v) is 7.98. The standard InChI is InChI=1S/C38H40F6N4O6S/c1-4-8-28-36(54-30-12-11-29(55-30)38(42,43)44,14-7-18-48(28)31(49)24-21-46-17-13-25(24)37(39,40)41)32(50)47-19-15-35(22-45,16-20-47)26-9-5-6-10-27(26)53-23-34(2,3)33(51)52/h5-6,9-13,17,21,28H,4,7-8,14-16,18-20,23H2,1-3H3,(H,51,52)/t28-,36+/m1/s1. The molecule has 2 saturated heterocycles. The quantitative estimate of drug-likeness (QED) is 0.193. The number of benzene rings is 1. The third-order valence-corrected chi connectivity index (χ3v) is 11.2. The van der Waals surface area contributed by atoms with Crippen molar-refractivity contribution in [1.82, 2.24) is 14.8 Å². The van der Waals surface area contributed by atoms with Gasteiger partial charge in [0.15, 0.2) is 5.06 Å². The third-order valence-electron chi connectivity index (χ3n) is 10.2. The first-order valence-electron chi connectivity index (χ1n) is 17.6. The number of carbonyl (C=O) groups excluding carboxylic acids is 2. The fraction of sp³-hybridized carbons (Fsp3) is 0.500. The van der Waals surface area contributed by atoms with Crippen LogP contribution >= 0.6 is 11.3 Å². The van der Waals surface area contributed by atoms with Gasteiger partial charge in [0.1, 0.15) is 17.2 Å². The van der Waals surface area contributed by atoms with Crippen LogP contribution in [0.25, 0.3) is 0 Å². The summed E-state index contributed by atoms with van der Waals surface area (Å²) >= 11 is 0.264. The van der Waals surface area contributed by atoms with Crippen LogP contribution in [0, 0.1) is 16.7 Å². The molecule has 0 spiro atoms. The van der Waals surface area contributed by atoms with E-state index in [1.807, 2.05) is 0 Å². The van der Waals surface area contributed by atoms with Gasteiger partial charge in [0.2, 0.25) is 5.60 Å². The number of nitrogens with zero attached hydrogens (tertiary/aromatic N) is 4. The molecule has 296 valence electrons. The summed E-state index contributed by atoms with van der Waals surface area (Å²) in [5.74, 6) is -2.50. The smallest absolute Gasteiger partial charge is 0.425 e. The van der Waals surface area contributed by atoms with Crippen molar-refractivity contribution in [3.63, 3.8) is 0 Å². The highest BCUT2D eigenvalue weighted by molar-refractivity contribution is 7.13. The number of thiophene rings is 1. The van der Waals surface area contributed by atoms with E-state index in [2.05, 4.69) is 11.1 Å². The highest BCUT2D eigenvalue weighted by atomic mass is 32.1. The minimum absolute atomic E-state index is 0.0294. The Morgan fingerprint density at radius 1 is 1.00 bits per heavy atom. The van der Waals surface area contributed by atoms with E-state index < -0.39 is 68.6 Å². The summed E-state index contributed by atoms with van der Waals surface area (Å²) in [5, 5.41) is 19.9. The Hall–Kier alpha value is -4.85. The zero-order chi connectivity index (χ0) is 40.4. The van der Waals surface area contributed by atoms with E-state index in [9.17, 15) is 51.1 Å². The zero-order valence-electron chi connectivity index (χ0n) is 30.3. The van der Waals surface area contributed by atoms with Gasteiger partial charge in [-0.3, -0.25) is 19.4 Å². The average Bonchev–Trinajstić information content (AvgIpc) is 3.63. The second kappa shape index (κ2) is 15.7. The minimum atomic E-state index is -4.91. The number of aromatic nitrogens is 1.